The van der Waals surface area contributed by atoms with E-state index in [1.54, 1.807) is 0 Å². The van der Waals surface area contributed by atoms with Gasteiger partial charge in [-0.15, -0.1) is 0 Å². The van der Waals surface area contributed by atoms with E-state index < -0.39 is 5.60 Å². The van der Waals surface area contributed by atoms with Gasteiger partial charge in [0.05, 0.1) is 12.2 Å². The minimum atomic E-state index is -0.672. The van der Waals surface area contributed by atoms with Gasteiger partial charge in [-0.05, 0) is 34.4 Å². The summed E-state index contributed by atoms with van der Waals surface area (Å²) < 4.78 is 5.45. The van der Waals surface area contributed by atoms with Crippen LogP contribution in [0.5, 0.6) is 5.88 Å². The molecule has 0 spiro atoms. The van der Waals surface area contributed by atoms with Crippen LogP contribution >= 0.6 is 0 Å². The van der Waals surface area contributed by atoms with Gasteiger partial charge in [0, 0.05) is 25.7 Å². The molecule has 1 aromatic rings. The summed E-state index contributed by atoms with van der Waals surface area (Å²) in [5, 5.41) is 10.6. The molecule has 2 heterocycles. The van der Waals surface area contributed by atoms with Crippen LogP contribution in [0.1, 0.15) is 19.2 Å². The number of β-amino-alcohol motifs (C(OH)–C–C–N with tert-alkyl or cyclic N) is 1. The highest BCUT2D eigenvalue weighted by atomic mass is 16.5. The Labute approximate surface area is 120 Å². The van der Waals surface area contributed by atoms with Crippen LogP contribution in [0.15, 0.2) is 6.07 Å². The van der Waals surface area contributed by atoms with Crippen LogP contribution in [0, 0.1) is 6.92 Å². The number of aryl methyl sites for hydroxylation is 1. The molecule has 1 aromatic heterocycles. The van der Waals surface area contributed by atoms with E-state index in [0.717, 1.165) is 18.8 Å². The van der Waals surface area contributed by atoms with Gasteiger partial charge in [0.15, 0.2) is 0 Å². The van der Waals surface area contributed by atoms with Crippen molar-refractivity contribution >= 4 is 5.82 Å². The third-order valence-corrected chi connectivity index (χ3v) is 3.36. The lowest BCUT2D eigenvalue weighted by atomic mass is 10.0. The molecule has 1 N–H and O–H groups in total. The second-order valence-electron chi connectivity index (χ2n) is 5.68. The molecule has 2 rings (SSSR count). The van der Waals surface area contributed by atoms with Gasteiger partial charge in [-0.25, -0.2) is 4.98 Å². The molecule has 0 aromatic carbocycles. The second kappa shape index (κ2) is 5.93. The van der Waals surface area contributed by atoms with Crippen LogP contribution in [0.2, 0.25) is 0 Å². The van der Waals surface area contributed by atoms with Crippen molar-refractivity contribution in [2.75, 3.05) is 45.2 Å². The van der Waals surface area contributed by atoms with E-state index in [4.69, 9.17) is 4.74 Å². The average Bonchev–Trinajstić information content (AvgIpc) is 2.70. The van der Waals surface area contributed by atoms with Crippen molar-refractivity contribution in [3.8, 4) is 5.88 Å². The first kappa shape index (κ1) is 15.0. The van der Waals surface area contributed by atoms with E-state index in [-0.39, 0.29) is 0 Å². The number of ether oxygens (including phenoxy) is 1. The normalized spacial score (nSPS) is 22.6. The molecule has 0 radical (unpaired) electrons. The van der Waals surface area contributed by atoms with Gasteiger partial charge in [0.1, 0.15) is 11.6 Å². The van der Waals surface area contributed by atoms with Gasteiger partial charge < -0.3 is 19.6 Å². The smallest absolute Gasteiger partial charge is 0.218 e. The molecular weight excluding hydrogens is 256 g/mol. The topological polar surface area (TPSA) is 61.7 Å². The van der Waals surface area contributed by atoms with E-state index in [0.29, 0.717) is 31.4 Å². The molecule has 6 nitrogen and oxygen atoms in total. The molecule has 0 saturated carbocycles. The monoisotopic (exact) mass is 280 g/mol. The molecule has 1 aliphatic rings. The van der Waals surface area contributed by atoms with Gasteiger partial charge in [-0.1, -0.05) is 0 Å². The number of aromatic nitrogens is 2. The zero-order valence-corrected chi connectivity index (χ0v) is 12.8. The Morgan fingerprint density at radius 2 is 2.20 bits per heavy atom. The van der Waals surface area contributed by atoms with Crippen LogP contribution in [0.4, 0.5) is 5.82 Å². The molecule has 1 unspecified atom stereocenters. The van der Waals surface area contributed by atoms with Gasteiger partial charge in [-0.2, -0.15) is 4.98 Å². The van der Waals surface area contributed by atoms with Crippen molar-refractivity contribution in [3.05, 3.63) is 11.9 Å². The number of hydrogen-bond acceptors (Lipinski definition) is 6. The third kappa shape index (κ3) is 3.58. The molecule has 0 bridgehead atoms. The fourth-order valence-electron chi connectivity index (χ4n) is 2.68. The van der Waals surface area contributed by atoms with Gasteiger partial charge in [0.25, 0.3) is 0 Å². The van der Waals surface area contributed by atoms with Crippen molar-refractivity contribution in [1.82, 2.24) is 14.9 Å². The Kier molecular flexibility index (Phi) is 4.45. The lowest BCUT2D eigenvalue weighted by molar-refractivity contribution is 0.0365. The maximum Gasteiger partial charge on any atom is 0.218 e. The number of aliphatic hydroxyl groups is 1. The summed E-state index contributed by atoms with van der Waals surface area (Å²) in [6, 6.07) is 1.85. The molecule has 1 atom stereocenters. The zero-order chi connectivity index (χ0) is 14.8. The standard InChI is InChI=1S/C14H24N4O2/c1-5-20-13-8-12(15-11(2)16-13)18-7-6-14(19,10-18)9-17(3)4/h8,19H,5-7,9-10H2,1-4H3. The van der Waals surface area contributed by atoms with Crippen molar-refractivity contribution in [3.63, 3.8) is 0 Å². The molecule has 0 amide bonds. The van der Waals surface area contributed by atoms with E-state index >= 15 is 0 Å². The van der Waals surface area contributed by atoms with E-state index in [2.05, 4.69) is 14.9 Å². The largest absolute Gasteiger partial charge is 0.478 e. The Hall–Kier alpha value is -1.40. The zero-order valence-electron chi connectivity index (χ0n) is 12.8. The molecule has 1 saturated heterocycles. The maximum absolute atomic E-state index is 10.6. The molecule has 6 heteroatoms. The van der Waals surface area contributed by atoms with E-state index in [1.165, 1.54) is 0 Å². The summed E-state index contributed by atoms with van der Waals surface area (Å²) in [7, 11) is 3.95. The Morgan fingerprint density at radius 1 is 1.45 bits per heavy atom. The Balaban J connectivity index is 2.13. The Morgan fingerprint density at radius 3 is 2.85 bits per heavy atom. The summed E-state index contributed by atoms with van der Waals surface area (Å²) >= 11 is 0. The van der Waals surface area contributed by atoms with Crippen LogP contribution in [0.3, 0.4) is 0 Å². The minimum absolute atomic E-state index is 0.584. The lowest BCUT2D eigenvalue weighted by Crippen LogP contribution is -2.42. The first-order valence-corrected chi connectivity index (χ1v) is 7.02. The predicted octanol–water partition coefficient (Wildman–Crippen LogP) is 0.687. The lowest BCUT2D eigenvalue weighted by Gasteiger charge is -2.27. The molecule has 1 aliphatic heterocycles. The summed E-state index contributed by atoms with van der Waals surface area (Å²) in [4.78, 5) is 12.8. The van der Waals surface area contributed by atoms with Crippen molar-refractivity contribution in [2.24, 2.45) is 0 Å². The Bertz CT molecular complexity index is 466. The summed E-state index contributed by atoms with van der Waals surface area (Å²) in [5.74, 6) is 2.11. The first-order valence-electron chi connectivity index (χ1n) is 7.02. The number of nitrogens with zero attached hydrogens (tertiary/aromatic N) is 4. The SMILES string of the molecule is CCOc1cc(N2CCC(O)(CN(C)C)C2)nc(C)n1. The summed E-state index contributed by atoms with van der Waals surface area (Å²) in [6.45, 7) is 6.42. The molecule has 1 fully saturated rings. The highest BCUT2D eigenvalue weighted by Crippen LogP contribution is 2.27. The highest BCUT2D eigenvalue weighted by molar-refractivity contribution is 5.44. The van der Waals surface area contributed by atoms with E-state index in [1.807, 2.05) is 38.9 Å². The molecule has 20 heavy (non-hydrogen) atoms. The van der Waals surface area contributed by atoms with Crippen molar-refractivity contribution in [1.29, 1.82) is 0 Å². The molecule has 0 aliphatic carbocycles. The number of anilines is 1. The van der Waals surface area contributed by atoms with Crippen molar-refractivity contribution < 1.29 is 9.84 Å². The minimum Gasteiger partial charge on any atom is -0.478 e. The average molecular weight is 280 g/mol. The summed E-state index contributed by atoms with van der Waals surface area (Å²) in [5.41, 5.74) is -0.672. The number of hydrogen-bond donors (Lipinski definition) is 1. The predicted molar refractivity (Wildman–Crippen MR) is 78.3 cm³/mol. The van der Waals surface area contributed by atoms with Crippen LogP contribution < -0.4 is 9.64 Å². The fraction of sp³-hybridized carbons (Fsp3) is 0.714. The van der Waals surface area contributed by atoms with E-state index in [9.17, 15) is 5.11 Å². The highest BCUT2D eigenvalue weighted by Gasteiger charge is 2.37. The van der Waals surface area contributed by atoms with Gasteiger partial charge in [-0.3, -0.25) is 0 Å². The summed E-state index contributed by atoms with van der Waals surface area (Å²) in [6.07, 6.45) is 0.748. The first-order chi connectivity index (χ1) is 9.42. The van der Waals surface area contributed by atoms with Crippen molar-refractivity contribution in [2.45, 2.75) is 25.9 Å². The van der Waals surface area contributed by atoms with Crippen LogP contribution in [-0.2, 0) is 0 Å². The maximum atomic E-state index is 10.6. The third-order valence-electron chi connectivity index (χ3n) is 3.36. The quantitative estimate of drug-likeness (QED) is 0.856. The number of likely N-dealkylation sites (N-methyl/N-ethyl adjacent to an activating group) is 1. The van der Waals surface area contributed by atoms with Crippen LogP contribution in [0.25, 0.3) is 0 Å². The van der Waals surface area contributed by atoms with Crippen LogP contribution in [-0.4, -0.2) is 65.9 Å². The van der Waals surface area contributed by atoms with Gasteiger partial charge >= 0.3 is 0 Å². The molecule has 112 valence electrons. The fourth-order valence-corrected chi connectivity index (χ4v) is 2.68. The molecular formula is C14H24N4O2. The second-order valence-corrected chi connectivity index (χ2v) is 5.68. The van der Waals surface area contributed by atoms with Gasteiger partial charge in [0.2, 0.25) is 5.88 Å². The number of rotatable bonds is 5.